The first kappa shape index (κ1) is 21.2. The van der Waals surface area contributed by atoms with Gasteiger partial charge in [0.25, 0.3) is 0 Å². The standard InChI is InChI=1S/C25H29ClN2O2/c26-24-8-3-9-25(23(24)15-27)30-17-22(29)16-28-12-4-7-21(28)14-18-10-11-19-5-1-2-6-20(19)13-18/h3,8-11,13,21-22,29H,1-2,4-7,12,14,16-17H2/t21-,22+/m0/s1. The first-order valence-electron chi connectivity index (χ1n) is 11.0. The molecule has 30 heavy (non-hydrogen) atoms. The molecule has 1 fully saturated rings. The van der Waals surface area contributed by atoms with Gasteiger partial charge in [-0.05, 0) is 80.3 Å². The number of benzene rings is 2. The van der Waals surface area contributed by atoms with E-state index in [1.165, 1.54) is 42.4 Å². The molecular weight excluding hydrogens is 396 g/mol. The number of halogens is 1. The van der Waals surface area contributed by atoms with Gasteiger partial charge in [-0.1, -0.05) is 35.9 Å². The molecule has 0 bridgehead atoms. The van der Waals surface area contributed by atoms with E-state index in [0.29, 0.717) is 28.9 Å². The molecule has 1 aliphatic carbocycles. The van der Waals surface area contributed by atoms with Crippen molar-refractivity contribution in [1.29, 1.82) is 5.26 Å². The fourth-order valence-corrected chi connectivity index (χ4v) is 5.00. The lowest BCUT2D eigenvalue weighted by Crippen LogP contribution is -2.39. The Labute approximate surface area is 184 Å². The topological polar surface area (TPSA) is 56.5 Å². The number of fused-ring (bicyclic) bond motifs is 1. The molecule has 0 unspecified atom stereocenters. The van der Waals surface area contributed by atoms with E-state index in [0.717, 1.165) is 25.8 Å². The summed E-state index contributed by atoms with van der Waals surface area (Å²) in [6, 6.07) is 14.7. The number of nitriles is 1. The number of rotatable bonds is 7. The highest BCUT2D eigenvalue weighted by Gasteiger charge is 2.27. The van der Waals surface area contributed by atoms with E-state index in [1.807, 2.05) is 0 Å². The monoisotopic (exact) mass is 424 g/mol. The Balaban J connectivity index is 1.33. The van der Waals surface area contributed by atoms with Crippen LogP contribution in [0.15, 0.2) is 36.4 Å². The summed E-state index contributed by atoms with van der Waals surface area (Å²) in [4.78, 5) is 2.39. The minimum Gasteiger partial charge on any atom is -0.489 e. The predicted molar refractivity (Wildman–Crippen MR) is 119 cm³/mol. The molecule has 1 saturated heterocycles. The minimum absolute atomic E-state index is 0.150. The zero-order chi connectivity index (χ0) is 20.9. The number of nitrogens with zero attached hydrogens (tertiary/aromatic N) is 2. The summed E-state index contributed by atoms with van der Waals surface area (Å²) in [5.41, 5.74) is 4.79. The van der Waals surface area contributed by atoms with Crippen LogP contribution in [0.5, 0.6) is 5.75 Å². The summed E-state index contributed by atoms with van der Waals surface area (Å²) in [6.45, 7) is 1.74. The Morgan fingerprint density at radius 1 is 1.17 bits per heavy atom. The lowest BCUT2D eigenvalue weighted by molar-refractivity contribution is 0.0638. The molecule has 158 valence electrons. The molecule has 5 heteroatoms. The fraction of sp³-hybridized carbons (Fsp3) is 0.480. The van der Waals surface area contributed by atoms with Crippen LogP contribution in [-0.2, 0) is 19.3 Å². The second kappa shape index (κ2) is 9.83. The summed E-state index contributed by atoms with van der Waals surface area (Å²) in [7, 11) is 0. The average Bonchev–Trinajstić information content (AvgIpc) is 3.18. The van der Waals surface area contributed by atoms with Crippen LogP contribution in [0.1, 0.15) is 47.9 Å². The Morgan fingerprint density at radius 2 is 2.00 bits per heavy atom. The molecule has 1 heterocycles. The van der Waals surface area contributed by atoms with Crippen molar-refractivity contribution in [2.45, 2.75) is 57.1 Å². The largest absolute Gasteiger partial charge is 0.489 e. The van der Waals surface area contributed by atoms with Crippen LogP contribution in [0, 0.1) is 11.3 Å². The maximum atomic E-state index is 10.6. The molecular formula is C25H29ClN2O2. The van der Waals surface area contributed by atoms with Crippen molar-refractivity contribution >= 4 is 11.6 Å². The number of aliphatic hydroxyl groups excluding tert-OH is 1. The molecule has 0 radical (unpaired) electrons. The van der Waals surface area contributed by atoms with Gasteiger partial charge in [0, 0.05) is 12.6 Å². The van der Waals surface area contributed by atoms with Crippen molar-refractivity contribution < 1.29 is 9.84 Å². The van der Waals surface area contributed by atoms with Crippen LogP contribution in [-0.4, -0.2) is 41.8 Å². The van der Waals surface area contributed by atoms with Crippen molar-refractivity contribution in [2.24, 2.45) is 0 Å². The molecule has 4 nitrogen and oxygen atoms in total. The third-order valence-electron chi connectivity index (χ3n) is 6.35. The van der Waals surface area contributed by atoms with Crippen LogP contribution < -0.4 is 4.74 Å². The molecule has 2 aliphatic rings. The second-order valence-corrected chi connectivity index (χ2v) is 8.90. The lowest BCUT2D eigenvalue weighted by atomic mass is 9.89. The molecule has 0 amide bonds. The zero-order valence-electron chi connectivity index (χ0n) is 17.3. The number of aryl methyl sites for hydroxylation is 2. The maximum absolute atomic E-state index is 10.6. The van der Waals surface area contributed by atoms with Crippen molar-refractivity contribution in [3.05, 3.63) is 63.7 Å². The molecule has 0 spiro atoms. The van der Waals surface area contributed by atoms with Crippen LogP contribution in [0.25, 0.3) is 0 Å². The van der Waals surface area contributed by atoms with E-state index in [4.69, 9.17) is 16.3 Å². The van der Waals surface area contributed by atoms with Crippen LogP contribution in [0.4, 0.5) is 0 Å². The summed E-state index contributed by atoms with van der Waals surface area (Å²) in [6.07, 6.45) is 7.80. The van der Waals surface area contributed by atoms with Gasteiger partial charge in [-0.25, -0.2) is 0 Å². The van der Waals surface area contributed by atoms with E-state index in [-0.39, 0.29) is 6.61 Å². The van der Waals surface area contributed by atoms with Crippen molar-refractivity contribution in [3.8, 4) is 11.8 Å². The molecule has 1 aliphatic heterocycles. The van der Waals surface area contributed by atoms with E-state index >= 15 is 0 Å². The smallest absolute Gasteiger partial charge is 0.138 e. The number of ether oxygens (including phenoxy) is 1. The van der Waals surface area contributed by atoms with Gasteiger partial charge in [-0.2, -0.15) is 5.26 Å². The minimum atomic E-state index is -0.611. The van der Waals surface area contributed by atoms with Gasteiger partial charge in [0.05, 0.1) is 5.02 Å². The van der Waals surface area contributed by atoms with Gasteiger partial charge in [-0.15, -0.1) is 0 Å². The number of β-amino-alcohol motifs (C(OH)–C–C–N with tert-alkyl or cyclic N) is 1. The molecule has 0 aromatic heterocycles. The van der Waals surface area contributed by atoms with Crippen molar-refractivity contribution in [2.75, 3.05) is 19.7 Å². The molecule has 2 aromatic carbocycles. The van der Waals surface area contributed by atoms with E-state index in [1.54, 1.807) is 18.2 Å². The molecule has 4 rings (SSSR count). The van der Waals surface area contributed by atoms with Crippen LogP contribution in [0.3, 0.4) is 0 Å². The normalized spacial score (nSPS) is 19.8. The van der Waals surface area contributed by atoms with Gasteiger partial charge >= 0.3 is 0 Å². The Morgan fingerprint density at radius 3 is 2.83 bits per heavy atom. The van der Waals surface area contributed by atoms with Crippen molar-refractivity contribution in [1.82, 2.24) is 4.90 Å². The van der Waals surface area contributed by atoms with Gasteiger partial charge in [0.2, 0.25) is 0 Å². The highest BCUT2D eigenvalue weighted by atomic mass is 35.5. The SMILES string of the molecule is N#Cc1c(Cl)cccc1OC[C@H](O)CN1CCC[C@H]1Cc1ccc2c(c1)CCCC2. The van der Waals surface area contributed by atoms with E-state index in [9.17, 15) is 10.4 Å². The highest BCUT2D eigenvalue weighted by molar-refractivity contribution is 6.31. The van der Waals surface area contributed by atoms with Gasteiger partial charge in [0.1, 0.15) is 30.1 Å². The second-order valence-electron chi connectivity index (χ2n) is 8.49. The number of hydrogen-bond acceptors (Lipinski definition) is 4. The van der Waals surface area contributed by atoms with Crippen LogP contribution in [0.2, 0.25) is 5.02 Å². The number of aliphatic hydroxyl groups is 1. The Kier molecular flexibility index (Phi) is 6.94. The summed E-state index contributed by atoms with van der Waals surface area (Å²) < 4.78 is 5.71. The van der Waals surface area contributed by atoms with Gasteiger partial charge in [-0.3, -0.25) is 4.90 Å². The third-order valence-corrected chi connectivity index (χ3v) is 6.66. The summed E-state index contributed by atoms with van der Waals surface area (Å²) in [5.74, 6) is 0.427. The van der Waals surface area contributed by atoms with Crippen molar-refractivity contribution in [3.63, 3.8) is 0 Å². The highest BCUT2D eigenvalue weighted by Crippen LogP contribution is 2.27. The van der Waals surface area contributed by atoms with Gasteiger partial charge in [0.15, 0.2) is 0 Å². The first-order valence-corrected chi connectivity index (χ1v) is 11.4. The van der Waals surface area contributed by atoms with Crippen LogP contribution >= 0.6 is 11.6 Å². The lowest BCUT2D eigenvalue weighted by Gasteiger charge is -2.27. The quantitative estimate of drug-likeness (QED) is 0.709. The van der Waals surface area contributed by atoms with E-state index < -0.39 is 6.10 Å². The molecule has 1 N–H and O–H groups in total. The van der Waals surface area contributed by atoms with Gasteiger partial charge < -0.3 is 9.84 Å². The molecule has 0 saturated carbocycles. The molecule has 2 atom stereocenters. The predicted octanol–water partition coefficient (Wildman–Crippen LogP) is 4.54. The summed E-state index contributed by atoms with van der Waals surface area (Å²) in [5, 5.41) is 20.2. The van der Waals surface area contributed by atoms with E-state index in [2.05, 4.69) is 29.2 Å². The third kappa shape index (κ3) is 4.98. The fourth-order valence-electron chi connectivity index (χ4n) is 4.80. The Bertz CT molecular complexity index is 924. The zero-order valence-corrected chi connectivity index (χ0v) is 18.1. The summed E-state index contributed by atoms with van der Waals surface area (Å²) >= 11 is 6.05. The Hall–Kier alpha value is -2.06. The first-order chi connectivity index (χ1) is 14.6. The number of hydrogen-bond donors (Lipinski definition) is 1. The average molecular weight is 425 g/mol. The maximum Gasteiger partial charge on any atom is 0.138 e. The molecule has 2 aromatic rings. The number of likely N-dealkylation sites (tertiary alicyclic amines) is 1.